The third kappa shape index (κ3) is 3.30. The van der Waals surface area contributed by atoms with Crippen molar-refractivity contribution in [1.29, 1.82) is 0 Å². The minimum atomic E-state index is -0.632. The number of hydrogen-bond donors (Lipinski definition) is 0. The normalized spacial score (nSPS) is 12.9. The molecule has 108 valence electrons. The highest BCUT2D eigenvalue weighted by Gasteiger charge is 2.37. The first-order valence-electron chi connectivity index (χ1n) is 7.02. The van der Waals surface area contributed by atoms with E-state index in [1.165, 1.54) is 0 Å². The summed E-state index contributed by atoms with van der Waals surface area (Å²) < 4.78 is 6.46. The maximum atomic E-state index is 6.46. The Hall–Kier alpha value is -1.14. The van der Waals surface area contributed by atoms with Gasteiger partial charge in [0.2, 0.25) is 0 Å². The van der Waals surface area contributed by atoms with Crippen LogP contribution in [0.1, 0.15) is 41.5 Å². The first kappa shape index (κ1) is 15.3. The van der Waals surface area contributed by atoms with Gasteiger partial charge in [-0.05, 0) is 12.1 Å². The number of benzene rings is 1. The van der Waals surface area contributed by atoms with E-state index < -0.39 is 8.15 Å². The number of pyridine rings is 1. The van der Waals surface area contributed by atoms with Crippen molar-refractivity contribution in [2.24, 2.45) is 0 Å². The molecule has 0 aliphatic carbocycles. The highest BCUT2D eigenvalue weighted by atomic mass is 31.1. The Morgan fingerprint density at radius 1 is 0.900 bits per heavy atom. The molecular weight excluding hydrogens is 265 g/mol. The van der Waals surface area contributed by atoms with Gasteiger partial charge >= 0.3 is 0 Å². The van der Waals surface area contributed by atoms with Gasteiger partial charge in [0.1, 0.15) is 11.3 Å². The predicted octanol–water partition coefficient (Wildman–Crippen LogP) is 5.61. The second kappa shape index (κ2) is 5.33. The van der Waals surface area contributed by atoms with Gasteiger partial charge in [-0.3, -0.25) is 4.98 Å². The van der Waals surface area contributed by atoms with Crippen molar-refractivity contribution < 1.29 is 4.52 Å². The number of aromatic nitrogens is 1. The molecule has 3 heteroatoms. The van der Waals surface area contributed by atoms with Crippen molar-refractivity contribution >= 4 is 19.1 Å². The molecule has 0 aliphatic heterocycles. The highest BCUT2D eigenvalue weighted by molar-refractivity contribution is 7.56. The molecule has 0 N–H and O–H groups in total. The first-order chi connectivity index (χ1) is 9.19. The molecule has 2 aromatic rings. The maximum absolute atomic E-state index is 6.46. The summed E-state index contributed by atoms with van der Waals surface area (Å²) in [6, 6.07) is 10.2. The Balaban J connectivity index is 2.44. The van der Waals surface area contributed by atoms with E-state index in [2.05, 4.69) is 58.7 Å². The lowest BCUT2D eigenvalue weighted by Gasteiger charge is -2.39. The standard InChI is InChI=1S/C17H24NOP/c1-16(2,3)20(17(4,5)6)19-14-11-7-9-13-10-8-12-18-15(13)14/h7-12H,1-6H3. The number of fused-ring (bicyclic) bond motifs is 1. The fourth-order valence-electron chi connectivity index (χ4n) is 2.53. The first-order valence-corrected chi connectivity index (χ1v) is 8.27. The summed E-state index contributed by atoms with van der Waals surface area (Å²) >= 11 is 0. The van der Waals surface area contributed by atoms with E-state index in [9.17, 15) is 0 Å². The minimum absolute atomic E-state index is 0.129. The van der Waals surface area contributed by atoms with Gasteiger partial charge in [-0.2, -0.15) is 0 Å². The lowest BCUT2D eigenvalue weighted by atomic mass is 10.2. The Morgan fingerprint density at radius 2 is 1.50 bits per heavy atom. The Kier molecular flexibility index (Phi) is 4.07. The predicted molar refractivity (Wildman–Crippen MR) is 88.8 cm³/mol. The quantitative estimate of drug-likeness (QED) is 0.671. The van der Waals surface area contributed by atoms with Crippen LogP contribution >= 0.6 is 8.15 Å². The summed E-state index contributed by atoms with van der Waals surface area (Å²) in [5, 5.41) is 1.39. The zero-order valence-electron chi connectivity index (χ0n) is 13.3. The molecule has 1 aromatic heterocycles. The summed E-state index contributed by atoms with van der Waals surface area (Å²) in [6.45, 7) is 13.5. The van der Waals surface area contributed by atoms with Crippen molar-refractivity contribution in [2.75, 3.05) is 0 Å². The van der Waals surface area contributed by atoms with Crippen molar-refractivity contribution in [1.82, 2.24) is 4.98 Å². The SMILES string of the molecule is CC(C)(C)P(Oc1cccc2cccnc12)C(C)(C)C. The van der Waals surface area contributed by atoms with Gasteiger partial charge in [-0.25, -0.2) is 0 Å². The van der Waals surface area contributed by atoms with Gasteiger partial charge in [-0.1, -0.05) is 59.7 Å². The molecule has 2 nitrogen and oxygen atoms in total. The van der Waals surface area contributed by atoms with Gasteiger partial charge in [-0.15, -0.1) is 0 Å². The van der Waals surface area contributed by atoms with Gasteiger partial charge in [0, 0.05) is 21.9 Å². The van der Waals surface area contributed by atoms with Crippen molar-refractivity contribution in [3.63, 3.8) is 0 Å². The minimum Gasteiger partial charge on any atom is -0.471 e. The molecule has 0 unspecified atom stereocenters. The summed E-state index contributed by atoms with van der Waals surface area (Å²) in [6.07, 6.45) is 1.83. The largest absolute Gasteiger partial charge is 0.471 e. The van der Waals surface area contributed by atoms with Gasteiger partial charge in [0.05, 0.1) is 8.15 Å². The van der Waals surface area contributed by atoms with E-state index in [-0.39, 0.29) is 10.3 Å². The smallest absolute Gasteiger partial charge is 0.149 e. The number of rotatable bonds is 2. The summed E-state index contributed by atoms with van der Waals surface area (Å²) in [7, 11) is -0.632. The van der Waals surface area contributed by atoms with Crippen LogP contribution in [0, 0.1) is 0 Å². The fraction of sp³-hybridized carbons (Fsp3) is 0.471. The molecule has 0 aliphatic rings. The highest BCUT2D eigenvalue weighted by Crippen LogP contribution is 2.59. The second-order valence-electron chi connectivity index (χ2n) is 7.06. The molecular formula is C17H24NOP. The molecule has 0 saturated carbocycles. The average molecular weight is 289 g/mol. The Morgan fingerprint density at radius 3 is 2.10 bits per heavy atom. The maximum Gasteiger partial charge on any atom is 0.149 e. The van der Waals surface area contributed by atoms with Crippen molar-refractivity contribution in [3.8, 4) is 5.75 Å². The Labute approximate surface area is 123 Å². The monoisotopic (exact) mass is 289 g/mol. The molecule has 0 atom stereocenters. The van der Waals surface area contributed by atoms with E-state index in [0.717, 1.165) is 16.7 Å². The van der Waals surface area contributed by atoms with Crippen LogP contribution in [0.25, 0.3) is 10.9 Å². The molecule has 0 saturated heterocycles. The van der Waals surface area contributed by atoms with Crippen LogP contribution in [0.4, 0.5) is 0 Å². The van der Waals surface area contributed by atoms with E-state index in [1.54, 1.807) is 0 Å². The number of para-hydroxylation sites is 1. The van der Waals surface area contributed by atoms with E-state index in [4.69, 9.17) is 4.52 Å². The summed E-state index contributed by atoms with van der Waals surface area (Å²) in [5.41, 5.74) is 0.955. The summed E-state index contributed by atoms with van der Waals surface area (Å²) in [4.78, 5) is 4.48. The van der Waals surface area contributed by atoms with Crippen LogP contribution in [0.5, 0.6) is 5.75 Å². The molecule has 20 heavy (non-hydrogen) atoms. The third-order valence-electron chi connectivity index (χ3n) is 3.00. The molecule has 0 bridgehead atoms. The van der Waals surface area contributed by atoms with Gasteiger partial charge in [0.15, 0.2) is 0 Å². The molecule has 1 heterocycles. The van der Waals surface area contributed by atoms with Crippen molar-refractivity contribution in [3.05, 3.63) is 36.5 Å². The van der Waals surface area contributed by atoms with Gasteiger partial charge < -0.3 is 4.52 Å². The lowest BCUT2D eigenvalue weighted by Crippen LogP contribution is -2.27. The lowest BCUT2D eigenvalue weighted by molar-refractivity contribution is 0.536. The molecule has 2 rings (SSSR count). The van der Waals surface area contributed by atoms with Crippen LogP contribution in [0.3, 0.4) is 0 Å². The average Bonchev–Trinajstić information content (AvgIpc) is 2.33. The second-order valence-corrected chi connectivity index (χ2v) is 10.5. The van der Waals surface area contributed by atoms with Crippen LogP contribution in [-0.4, -0.2) is 15.3 Å². The van der Waals surface area contributed by atoms with Crippen LogP contribution in [-0.2, 0) is 0 Å². The van der Waals surface area contributed by atoms with E-state index >= 15 is 0 Å². The molecule has 0 fully saturated rings. The Bertz CT molecular complexity index is 576. The molecule has 0 radical (unpaired) electrons. The van der Waals surface area contributed by atoms with Crippen LogP contribution < -0.4 is 4.52 Å². The topological polar surface area (TPSA) is 22.1 Å². The number of nitrogens with zero attached hydrogens (tertiary/aromatic N) is 1. The van der Waals surface area contributed by atoms with Gasteiger partial charge in [0.25, 0.3) is 0 Å². The van der Waals surface area contributed by atoms with Crippen LogP contribution in [0.2, 0.25) is 0 Å². The summed E-state index contributed by atoms with van der Waals surface area (Å²) in [5.74, 6) is 0.902. The van der Waals surface area contributed by atoms with E-state index in [1.807, 2.05) is 24.4 Å². The van der Waals surface area contributed by atoms with Crippen LogP contribution in [0.15, 0.2) is 36.5 Å². The zero-order chi connectivity index (χ0) is 15.0. The fourth-order valence-corrected chi connectivity index (χ4v) is 5.43. The number of hydrogen-bond acceptors (Lipinski definition) is 2. The molecule has 0 amide bonds. The van der Waals surface area contributed by atoms with E-state index in [0.29, 0.717) is 0 Å². The van der Waals surface area contributed by atoms with Crippen molar-refractivity contribution in [2.45, 2.75) is 51.9 Å². The zero-order valence-corrected chi connectivity index (χ0v) is 14.2. The molecule has 1 aromatic carbocycles. The molecule has 0 spiro atoms. The third-order valence-corrected chi connectivity index (χ3v) is 5.82.